The number of hydrogen-bond donors (Lipinski definition) is 1. The lowest BCUT2D eigenvalue weighted by Crippen LogP contribution is -2.50. The molecule has 1 unspecified atom stereocenters. The van der Waals surface area contributed by atoms with E-state index in [0.717, 1.165) is 6.42 Å². The zero-order chi connectivity index (χ0) is 14.8. The fourth-order valence-electron chi connectivity index (χ4n) is 3.72. The zero-order valence-corrected chi connectivity index (χ0v) is 13.5. The van der Waals surface area contributed by atoms with Crippen molar-refractivity contribution < 1.29 is 0 Å². The van der Waals surface area contributed by atoms with E-state index in [1.165, 1.54) is 36.8 Å². The first-order valence-corrected chi connectivity index (χ1v) is 7.97. The molecule has 0 aliphatic heterocycles. The summed E-state index contributed by atoms with van der Waals surface area (Å²) >= 11 is 0. The monoisotopic (exact) mass is 274 g/mol. The average molecular weight is 274 g/mol. The van der Waals surface area contributed by atoms with Gasteiger partial charge in [-0.05, 0) is 50.4 Å². The minimum atomic E-state index is 0.118. The van der Waals surface area contributed by atoms with E-state index in [4.69, 9.17) is 5.73 Å². The number of nitrogens with two attached hydrogens (primary N) is 1. The van der Waals surface area contributed by atoms with Gasteiger partial charge in [0.15, 0.2) is 0 Å². The summed E-state index contributed by atoms with van der Waals surface area (Å²) in [5.74, 6) is 0.691. The highest BCUT2D eigenvalue weighted by Crippen LogP contribution is 2.42. The van der Waals surface area contributed by atoms with E-state index in [1.54, 1.807) is 0 Å². The molecule has 1 aromatic carbocycles. The van der Waals surface area contributed by atoms with Gasteiger partial charge in [0, 0.05) is 11.6 Å². The molecule has 0 heterocycles. The second kappa shape index (κ2) is 6.28. The number of nitrogens with zero attached hydrogens (tertiary/aromatic N) is 1. The number of rotatable bonds is 5. The van der Waals surface area contributed by atoms with E-state index in [9.17, 15) is 0 Å². The van der Waals surface area contributed by atoms with Crippen molar-refractivity contribution in [3.05, 3.63) is 35.4 Å². The lowest BCUT2D eigenvalue weighted by Gasteiger charge is -2.41. The Morgan fingerprint density at radius 3 is 2.40 bits per heavy atom. The van der Waals surface area contributed by atoms with Crippen LogP contribution in [0, 0.1) is 5.92 Å². The summed E-state index contributed by atoms with van der Waals surface area (Å²) < 4.78 is 0. The van der Waals surface area contributed by atoms with Crippen LogP contribution in [-0.2, 0) is 6.42 Å². The highest BCUT2D eigenvalue weighted by atomic mass is 15.2. The highest BCUT2D eigenvalue weighted by Gasteiger charge is 2.42. The Balaban J connectivity index is 2.25. The molecule has 2 heteroatoms. The van der Waals surface area contributed by atoms with Gasteiger partial charge in [-0.3, -0.25) is 0 Å². The third-order valence-corrected chi connectivity index (χ3v) is 4.89. The predicted octanol–water partition coefficient (Wildman–Crippen LogP) is 3.76. The van der Waals surface area contributed by atoms with Gasteiger partial charge in [-0.25, -0.2) is 0 Å². The molecule has 2 rings (SSSR count). The van der Waals surface area contributed by atoms with Crippen molar-refractivity contribution in [1.29, 1.82) is 0 Å². The fourth-order valence-corrected chi connectivity index (χ4v) is 3.72. The number of benzene rings is 1. The summed E-state index contributed by atoms with van der Waals surface area (Å²) in [7, 11) is 4.37. The Labute approximate surface area is 124 Å². The molecule has 0 saturated heterocycles. The van der Waals surface area contributed by atoms with E-state index in [0.29, 0.717) is 5.92 Å². The quantitative estimate of drug-likeness (QED) is 0.886. The molecule has 1 aliphatic carbocycles. The van der Waals surface area contributed by atoms with Gasteiger partial charge in [-0.1, -0.05) is 51.0 Å². The number of hydrogen-bond acceptors (Lipinski definition) is 2. The normalized spacial score (nSPS) is 19.8. The summed E-state index contributed by atoms with van der Waals surface area (Å²) in [5.41, 5.74) is 9.56. The Morgan fingerprint density at radius 1 is 1.20 bits per heavy atom. The van der Waals surface area contributed by atoms with Crippen LogP contribution in [0.2, 0.25) is 0 Å². The highest BCUT2D eigenvalue weighted by molar-refractivity contribution is 5.29. The van der Waals surface area contributed by atoms with Gasteiger partial charge in [0.1, 0.15) is 0 Å². The van der Waals surface area contributed by atoms with E-state index in [1.807, 2.05) is 0 Å². The van der Waals surface area contributed by atoms with Crippen molar-refractivity contribution in [1.82, 2.24) is 4.90 Å². The van der Waals surface area contributed by atoms with Crippen molar-refractivity contribution in [3.63, 3.8) is 0 Å². The largest absolute Gasteiger partial charge is 0.322 e. The van der Waals surface area contributed by atoms with Gasteiger partial charge in [-0.2, -0.15) is 0 Å². The lowest BCUT2D eigenvalue weighted by molar-refractivity contribution is 0.123. The van der Waals surface area contributed by atoms with E-state index < -0.39 is 0 Å². The minimum absolute atomic E-state index is 0.118. The Morgan fingerprint density at radius 2 is 1.85 bits per heavy atom. The first-order chi connectivity index (χ1) is 9.45. The molecule has 2 N–H and O–H groups in total. The van der Waals surface area contributed by atoms with E-state index in [-0.39, 0.29) is 11.6 Å². The van der Waals surface area contributed by atoms with Crippen molar-refractivity contribution in [2.24, 2.45) is 11.7 Å². The molecule has 1 saturated carbocycles. The second-order valence-electron chi connectivity index (χ2n) is 7.03. The molecule has 1 aromatic rings. The summed E-state index contributed by atoms with van der Waals surface area (Å²) in [5, 5.41) is 0. The Bertz CT molecular complexity index is 431. The molecule has 2 nitrogen and oxygen atoms in total. The molecule has 20 heavy (non-hydrogen) atoms. The van der Waals surface area contributed by atoms with E-state index in [2.05, 4.69) is 57.1 Å². The van der Waals surface area contributed by atoms with Gasteiger partial charge in [0.25, 0.3) is 0 Å². The molecule has 0 spiro atoms. The van der Waals surface area contributed by atoms with Crippen molar-refractivity contribution in [2.75, 3.05) is 14.1 Å². The molecule has 1 fully saturated rings. The van der Waals surface area contributed by atoms with Crippen LogP contribution < -0.4 is 5.73 Å². The van der Waals surface area contributed by atoms with Crippen molar-refractivity contribution in [2.45, 2.75) is 57.5 Å². The molecule has 0 amide bonds. The summed E-state index contributed by atoms with van der Waals surface area (Å²) in [4.78, 5) is 2.36. The number of likely N-dealkylation sites (N-methyl/N-ethyl adjacent to an activating group) is 1. The molecule has 1 atom stereocenters. The summed E-state index contributed by atoms with van der Waals surface area (Å²) in [6, 6.07) is 9.05. The van der Waals surface area contributed by atoms with Crippen molar-refractivity contribution in [3.8, 4) is 0 Å². The molecule has 0 aromatic heterocycles. The van der Waals surface area contributed by atoms with Gasteiger partial charge in [0.2, 0.25) is 0 Å². The van der Waals surface area contributed by atoms with Gasteiger partial charge >= 0.3 is 0 Å². The first-order valence-electron chi connectivity index (χ1n) is 7.97. The third kappa shape index (κ3) is 3.07. The molecular formula is C18H30N2. The first kappa shape index (κ1) is 15.5. The Kier molecular flexibility index (Phi) is 4.87. The van der Waals surface area contributed by atoms with Crippen LogP contribution in [0.3, 0.4) is 0 Å². The predicted molar refractivity (Wildman–Crippen MR) is 86.8 cm³/mol. The van der Waals surface area contributed by atoms with Gasteiger partial charge in [-0.15, -0.1) is 0 Å². The fraction of sp³-hybridized carbons (Fsp3) is 0.667. The van der Waals surface area contributed by atoms with Crippen LogP contribution in [0.5, 0.6) is 0 Å². The Hall–Kier alpha value is -0.860. The maximum Gasteiger partial charge on any atom is 0.0482 e. The van der Waals surface area contributed by atoms with Crippen LogP contribution in [0.15, 0.2) is 24.3 Å². The SMILES string of the molecule is CC(C)Cc1cccc(C(N)C2(N(C)C)CCCC2)c1. The zero-order valence-electron chi connectivity index (χ0n) is 13.5. The van der Waals surface area contributed by atoms with Crippen LogP contribution in [0.4, 0.5) is 0 Å². The second-order valence-corrected chi connectivity index (χ2v) is 7.03. The van der Waals surface area contributed by atoms with Crippen molar-refractivity contribution >= 4 is 0 Å². The molecule has 0 radical (unpaired) electrons. The van der Waals surface area contributed by atoms with Gasteiger partial charge in [0.05, 0.1) is 0 Å². The topological polar surface area (TPSA) is 29.3 Å². The third-order valence-electron chi connectivity index (χ3n) is 4.89. The van der Waals surface area contributed by atoms with Crippen LogP contribution in [0.1, 0.15) is 56.7 Å². The lowest BCUT2D eigenvalue weighted by atomic mass is 9.82. The standard InChI is InChI=1S/C18H30N2/c1-14(2)12-15-8-7-9-16(13-15)17(19)18(20(3)4)10-5-6-11-18/h7-9,13-14,17H,5-6,10-12,19H2,1-4H3. The maximum absolute atomic E-state index is 6.69. The molecule has 0 bridgehead atoms. The van der Waals surface area contributed by atoms with Crippen LogP contribution in [-0.4, -0.2) is 24.5 Å². The maximum atomic E-state index is 6.69. The van der Waals surface area contributed by atoms with E-state index >= 15 is 0 Å². The van der Waals surface area contributed by atoms with Crippen LogP contribution in [0.25, 0.3) is 0 Å². The van der Waals surface area contributed by atoms with Crippen LogP contribution >= 0.6 is 0 Å². The summed E-state index contributed by atoms with van der Waals surface area (Å²) in [6.07, 6.45) is 6.18. The van der Waals surface area contributed by atoms with Gasteiger partial charge < -0.3 is 10.6 Å². The molecular weight excluding hydrogens is 244 g/mol. The molecule has 112 valence electrons. The smallest absolute Gasteiger partial charge is 0.0482 e. The average Bonchev–Trinajstić information content (AvgIpc) is 2.88. The summed E-state index contributed by atoms with van der Waals surface area (Å²) in [6.45, 7) is 4.54. The minimum Gasteiger partial charge on any atom is -0.322 e. The molecule has 1 aliphatic rings.